The average molecular weight is 347 g/mol. The van der Waals surface area contributed by atoms with Gasteiger partial charge in [0, 0.05) is 5.92 Å². The molecule has 8 atom stereocenters. The summed E-state index contributed by atoms with van der Waals surface area (Å²) in [5, 5.41) is 10.5. The molecule has 25 heavy (non-hydrogen) atoms. The van der Waals surface area contributed by atoms with Crippen molar-refractivity contribution in [2.24, 2.45) is 40.9 Å². The zero-order valence-corrected chi connectivity index (χ0v) is 16.6. The highest BCUT2D eigenvalue weighted by molar-refractivity contribution is 5.79. The minimum Gasteiger partial charge on any atom is -0.390 e. The lowest BCUT2D eigenvalue weighted by Crippen LogP contribution is -2.51. The van der Waals surface area contributed by atoms with Crippen molar-refractivity contribution in [3.63, 3.8) is 0 Å². The standard InChI is InChI=1S/C23H38O2/c1-4-11-23-13-10-18-17-9-12-22(3,25)14-16(17)5-6-19(18)21(23)8-7-20(23)15(2)24/h16-21,25H,4-14H2,1-3H3/t16-,17+,18-,19-,20-,21+,22-,23-/m1/s1. The molecule has 0 saturated heterocycles. The van der Waals surface area contributed by atoms with E-state index in [-0.39, 0.29) is 0 Å². The summed E-state index contributed by atoms with van der Waals surface area (Å²) in [6.07, 6.45) is 13.6. The molecule has 0 aromatic rings. The zero-order valence-electron chi connectivity index (χ0n) is 16.6. The molecule has 0 radical (unpaired) electrons. The van der Waals surface area contributed by atoms with Gasteiger partial charge in [-0.3, -0.25) is 4.79 Å². The van der Waals surface area contributed by atoms with Crippen LogP contribution in [0.15, 0.2) is 0 Å². The van der Waals surface area contributed by atoms with Gasteiger partial charge in [-0.2, -0.15) is 0 Å². The van der Waals surface area contributed by atoms with Crippen molar-refractivity contribution in [2.75, 3.05) is 0 Å². The largest absolute Gasteiger partial charge is 0.390 e. The number of carbonyl (C=O) groups is 1. The van der Waals surface area contributed by atoms with Gasteiger partial charge in [0.25, 0.3) is 0 Å². The Bertz CT molecular complexity index is 524. The van der Waals surface area contributed by atoms with Crippen LogP contribution in [-0.2, 0) is 4.79 Å². The first kappa shape index (κ1) is 18.0. The maximum atomic E-state index is 12.4. The van der Waals surface area contributed by atoms with Gasteiger partial charge in [-0.15, -0.1) is 0 Å². The summed E-state index contributed by atoms with van der Waals surface area (Å²) in [6, 6.07) is 0. The molecule has 142 valence electrons. The van der Waals surface area contributed by atoms with Gasteiger partial charge < -0.3 is 5.11 Å². The second-order valence-corrected chi connectivity index (χ2v) is 10.4. The molecule has 0 aromatic carbocycles. The molecule has 0 aliphatic heterocycles. The number of hydrogen-bond donors (Lipinski definition) is 1. The Labute approximate surface area is 154 Å². The van der Waals surface area contributed by atoms with Crippen LogP contribution in [0.25, 0.3) is 0 Å². The van der Waals surface area contributed by atoms with E-state index < -0.39 is 5.60 Å². The number of aliphatic hydroxyl groups is 1. The Morgan fingerprint density at radius 3 is 2.48 bits per heavy atom. The van der Waals surface area contributed by atoms with Crippen LogP contribution in [0, 0.1) is 40.9 Å². The number of fused-ring (bicyclic) bond motifs is 5. The Balaban J connectivity index is 1.58. The normalized spacial score (nSPS) is 52.2. The molecule has 0 unspecified atom stereocenters. The molecule has 2 nitrogen and oxygen atoms in total. The van der Waals surface area contributed by atoms with Crippen LogP contribution in [0.5, 0.6) is 0 Å². The molecule has 0 amide bonds. The molecular weight excluding hydrogens is 308 g/mol. The van der Waals surface area contributed by atoms with E-state index in [9.17, 15) is 9.90 Å². The molecular formula is C23H38O2. The molecule has 1 N–H and O–H groups in total. The highest BCUT2D eigenvalue weighted by Gasteiger charge is 2.59. The lowest BCUT2D eigenvalue weighted by atomic mass is 9.48. The summed E-state index contributed by atoms with van der Waals surface area (Å²) in [5.41, 5.74) is -0.0729. The third-order valence-electron chi connectivity index (χ3n) is 9.16. The van der Waals surface area contributed by atoms with Crippen molar-refractivity contribution >= 4 is 5.78 Å². The SMILES string of the molecule is CCC[C@]12CC[C@H]3[C@@H](CC[C@@H]4C[C@](C)(O)CC[C@@H]43)[C@@H]1CC[C@@H]2C(C)=O. The minimum absolute atomic E-state index is 0.342. The summed E-state index contributed by atoms with van der Waals surface area (Å²) in [7, 11) is 0. The lowest BCUT2D eigenvalue weighted by Gasteiger charge is -2.57. The van der Waals surface area contributed by atoms with Crippen LogP contribution in [0.1, 0.15) is 91.4 Å². The van der Waals surface area contributed by atoms with E-state index in [1.807, 2.05) is 6.92 Å². The molecule has 0 spiro atoms. The van der Waals surface area contributed by atoms with Gasteiger partial charge >= 0.3 is 0 Å². The van der Waals surface area contributed by atoms with Gasteiger partial charge in [-0.1, -0.05) is 13.3 Å². The maximum Gasteiger partial charge on any atom is 0.133 e. The highest BCUT2D eigenvalue weighted by atomic mass is 16.3. The number of carbonyl (C=O) groups excluding carboxylic acids is 1. The van der Waals surface area contributed by atoms with Gasteiger partial charge in [0.1, 0.15) is 5.78 Å². The van der Waals surface area contributed by atoms with Gasteiger partial charge in [0.15, 0.2) is 0 Å². The van der Waals surface area contributed by atoms with E-state index in [0.29, 0.717) is 17.1 Å². The van der Waals surface area contributed by atoms with E-state index in [1.165, 1.54) is 51.4 Å². The van der Waals surface area contributed by atoms with Crippen molar-refractivity contribution < 1.29 is 9.90 Å². The Morgan fingerprint density at radius 1 is 1.00 bits per heavy atom. The summed E-state index contributed by atoms with van der Waals surface area (Å²) in [4.78, 5) is 12.4. The van der Waals surface area contributed by atoms with E-state index in [0.717, 1.165) is 48.9 Å². The highest BCUT2D eigenvalue weighted by Crippen LogP contribution is 2.66. The molecule has 4 fully saturated rings. The number of rotatable bonds is 3. The number of ketones is 1. The fourth-order valence-corrected chi connectivity index (χ4v) is 8.45. The van der Waals surface area contributed by atoms with Crippen molar-refractivity contribution in [2.45, 2.75) is 97.0 Å². The second-order valence-electron chi connectivity index (χ2n) is 10.4. The Hall–Kier alpha value is -0.370. The average Bonchev–Trinajstić information content (AvgIpc) is 2.93. The first-order valence-electron chi connectivity index (χ1n) is 11.1. The van der Waals surface area contributed by atoms with E-state index >= 15 is 0 Å². The van der Waals surface area contributed by atoms with E-state index in [2.05, 4.69) is 13.8 Å². The monoisotopic (exact) mass is 346 g/mol. The quantitative estimate of drug-likeness (QED) is 0.745. The van der Waals surface area contributed by atoms with Crippen LogP contribution in [0.2, 0.25) is 0 Å². The van der Waals surface area contributed by atoms with Gasteiger partial charge in [0.05, 0.1) is 5.60 Å². The minimum atomic E-state index is -0.415. The third kappa shape index (κ3) is 2.82. The topological polar surface area (TPSA) is 37.3 Å². The predicted molar refractivity (Wildman–Crippen MR) is 101 cm³/mol. The molecule has 0 bridgehead atoms. The number of hydrogen-bond acceptors (Lipinski definition) is 2. The van der Waals surface area contributed by atoms with Crippen LogP contribution >= 0.6 is 0 Å². The van der Waals surface area contributed by atoms with Gasteiger partial charge in [0.2, 0.25) is 0 Å². The van der Waals surface area contributed by atoms with Crippen molar-refractivity contribution in [1.82, 2.24) is 0 Å². The van der Waals surface area contributed by atoms with E-state index in [1.54, 1.807) is 0 Å². The first-order chi connectivity index (χ1) is 11.9. The lowest BCUT2D eigenvalue weighted by molar-refractivity contribution is -0.133. The van der Waals surface area contributed by atoms with Crippen LogP contribution in [0.4, 0.5) is 0 Å². The van der Waals surface area contributed by atoms with E-state index in [4.69, 9.17) is 0 Å². The zero-order chi connectivity index (χ0) is 17.8. The molecule has 0 heterocycles. The fourth-order valence-electron chi connectivity index (χ4n) is 8.45. The summed E-state index contributed by atoms with van der Waals surface area (Å²) >= 11 is 0. The second kappa shape index (κ2) is 6.36. The van der Waals surface area contributed by atoms with Crippen molar-refractivity contribution in [3.8, 4) is 0 Å². The Morgan fingerprint density at radius 2 is 1.76 bits per heavy atom. The summed E-state index contributed by atoms with van der Waals surface area (Å²) < 4.78 is 0. The smallest absolute Gasteiger partial charge is 0.133 e. The van der Waals surface area contributed by atoms with Crippen molar-refractivity contribution in [3.05, 3.63) is 0 Å². The van der Waals surface area contributed by atoms with Crippen molar-refractivity contribution in [1.29, 1.82) is 0 Å². The maximum absolute atomic E-state index is 12.4. The first-order valence-corrected chi connectivity index (χ1v) is 11.1. The molecule has 4 rings (SSSR count). The summed E-state index contributed by atoms with van der Waals surface area (Å²) in [5.74, 6) is 5.00. The molecule has 4 aliphatic rings. The Kier molecular flexibility index (Phi) is 4.58. The molecule has 4 aliphatic carbocycles. The van der Waals surface area contributed by atoms with Crippen LogP contribution < -0.4 is 0 Å². The van der Waals surface area contributed by atoms with Crippen LogP contribution in [-0.4, -0.2) is 16.5 Å². The third-order valence-corrected chi connectivity index (χ3v) is 9.16. The van der Waals surface area contributed by atoms with Crippen LogP contribution in [0.3, 0.4) is 0 Å². The summed E-state index contributed by atoms with van der Waals surface area (Å²) in [6.45, 7) is 6.22. The predicted octanol–water partition coefficient (Wildman–Crippen LogP) is 5.38. The molecule has 2 heteroatoms. The molecule has 0 aromatic heterocycles. The fraction of sp³-hybridized carbons (Fsp3) is 0.957. The molecule has 4 saturated carbocycles. The van der Waals surface area contributed by atoms with Gasteiger partial charge in [-0.25, -0.2) is 0 Å². The van der Waals surface area contributed by atoms with Gasteiger partial charge in [-0.05, 0) is 113 Å². The number of Topliss-reactive ketones (excluding diaryl/α,β-unsaturated/α-hetero) is 1.